The molecule has 0 bridgehead atoms. The number of halogens is 1. The molecule has 0 aliphatic heterocycles. The van der Waals surface area contributed by atoms with E-state index in [1.54, 1.807) is 0 Å². The van der Waals surface area contributed by atoms with Gasteiger partial charge in [-0.05, 0) is 24.1 Å². The maximum atomic E-state index is 10.5. The van der Waals surface area contributed by atoms with Gasteiger partial charge in [-0.15, -0.1) is 0 Å². The fourth-order valence-electron chi connectivity index (χ4n) is 2.08. The first-order valence-corrected chi connectivity index (χ1v) is 7.65. The fourth-order valence-corrected chi connectivity index (χ4v) is 2.53. The third-order valence-corrected chi connectivity index (χ3v) is 3.88. The highest BCUT2D eigenvalue weighted by Crippen LogP contribution is 2.29. The third-order valence-electron chi connectivity index (χ3n) is 3.11. The molecule has 1 unspecified atom stereocenters. The number of hydrogen-bond acceptors (Lipinski definition) is 2. The molecule has 0 heterocycles. The van der Waals surface area contributed by atoms with Crippen LogP contribution in [0.2, 0.25) is 0 Å². The lowest BCUT2D eigenvalue weighted by Crippen LogP contribution is -2.06. The number of ether oxygens (including phenoxy) is 1. The second kappa shape index (κ2) is 7.46. The number of hydrogen-bond donors (Lipinski definition) is 1. The first-order chi connectivity index (χ1) is 9.72. The van der Waals surface area contributed by atoms with E-state index in [1.807, 2.05) is 48.5 Å². The van der Waals surface area contributed by atoms with Crippen LogP contribution < -0.4 is 4.74 Å². The standard InChI is InChI=1S/C17H19BrO2/c1-2-11-20-17-10-6-4-8-14(17)16(19)12-13-7-3-5-9-15(13)18/h3-10,16,19H,2,11-12H2,1H3. The summed E-state index contributed by atoms with van der Waals surface area (Å²) in [5, 5.41) is 10.5. The van der Waals surface area contributed by atoms with Crippen LogP contribution in [0, 0.1) is 0 Å². The molecule has 2 rings (SSSR count). The first-order valence-electron chi connectivity index (χ1n) is 6.85. The number of para-hydroxylation sites is 1. The van der Waals surface area contributed by atoms with Gasteiger partial charge in [0.05, 0.1) is 12.7 Å². The van der Waals surface area contributed by atoms with Gasteiger partial charge in [0.1, 0.15) is 5.75 Å². The fraction of sp³-hybridized carbons (Fsp3) is 0.294. The summed E-state index contributed by atoms with van der Waals surface area (Å²) in [5.74, 6) is 0.772. The molecule has 0 fully saturated rings. The molecular formula is C17H19BrO2. The topological polar surface area (TPSA) is 29.5 Å². The van der Waals surface area contributed by atoms with Gasteiger partial charge in [-0.1, -0.05) is 59.3 Å². The van der Waals surface area contributed by atoms with Crippen molar-refractivity contribution in [1.82, 2.24) is 0 Å². The summed E-state index contributed by atoms with van der Waals surface area (Å²) in [4.78, 5) is 0. The predicted molar refractivity (Wildman–Crippen MR) is 85.0 cm³/mol. The van der Waals surface area contributed by atoms with Crippen molar-refractivity contribution in [3.63, 3.8) is 0 Å². The van der Waals surface area contributed by atoms with Crippen molar-refractivity contribution in [2.45, 2.75) is 25.9 Å². The lowest BCUT2D eigenvalue weighted by atomic mass is 10.0. The van der Waals surface area contributed by atoms with Gasteiger partial charge in [0.25, 0.3) is 0 Å². The van der Waals surface area contributed by atoms with Crippen LogP contribution in [0.1, 0.15) is 30.6 Å². The number of aliphatic hydroxyl groups is 1. The Morgan fingerprint density at radius 1 is 1.10 bits per heavy atom. The van der Waals surface area contributed by atoms with Gasteiger partial charge in [0.2, 0.25) is 0 Å². The average Bonchev–Trinajstić information content (AvgIpc) is 2.47. The van der Waals surface area contributed by atoms with Crippen molar-refractivity contribution in [1.29, 1.82) is 0 Å². The van der Waals surface area contributed by atoms with Crippen molar-refractivity contribution >= 4 is 15.9 Å². The van der Waals surface area contributed by atoms with Crippen LogP contribution in [0.4, 0.5) is 0 Å². The molecule has 2 aromatic carbocycles. The van der Waals surface area contributed by atoms with Crippen molar-refractivity contribution in [3.8, 4) is 5.75 Å². The SMILES string of the molecule is CCCOc1ccccc1C(O)Cc1ccccc1Br. The van der Waals surface area contributed by atoms with Crippen LogP contribution in [0.15, 0.2) is 53.0 Å². The molecular weight excluding hydrogens is 316 g/mol. The maximum Gasteiger partial charge on any atom is 0.125 e. The molecule has 0 aliphatic rings. The average molecular weight is 335 g/mol. The van der Waals surface area contributed by atoms with Gasteiger partial charge in [-0.3, -0.25) is 0 Å². The van der Waals surface area contributed by atoms with Crippen molar-refractivity contribution in [2.24, 2.45) is 0 Å². The maximum absolute atomic E-state index is 10.5. The molecule has 2 aromatic rings. The summed E-state index contributed by atoms with van der Waals surface area (Å²) in [6, 6.07) is 15.6. The quantitative estimate of drug-likeness (QED) is 0.841. The van der Waals surface area contributed by atoms with E-state index in [2.05, 4.69) is 22.9 Å². The lowest BCUT2D eigenvalue weighted by molar-refractivity contribution is 0.171. The summed E-state index contributed by atoms with van der Waals surface area (Å²) in [6.45, 7) is 2.74. The smallest absolute Gasteiger partial charge is 0.125 e. The summed E-state index contributed by atoms with van der Waals surface area (Å²) in [5.41, 5.74) is 1.93. The Balaban J connectivity index is 2.16. The van der Waals surface area contributed by atoms with Gasteiger partial charge >= 0.3 is 0 Å². The monoisotopic (exact) mass is 334 g/mol. The minimum Gasteiger partial charge on any atom is -0.493 e. The third kappa shape index (κ3) is 3.84. The van der Waals surface area contributed by atoms with E-state index in [1.165, 1.54) is 0 Å². The van der Waals surface area contributed by atoms with Gasteiger partial charge < -0.3 is 9.84 Å². The van der Waals surface area contributed by atoms with E-state index >= 15 is 0 Å². The highest BCUT2D eigenvalue weighted by molar-refractivity contribution is 9.10. The van der Waals surface area contributed by atoms with E-state index < -0.39 is 6.10 Å². The molecule has 0 amide bonds. The molecule has 0 saturated carbocycles. The lowest BCUT2D eigenvalue weighted by Gasteiger charge is -2.16. The van der Waals surface area contributed by atoms with E-state index in [4.69, 9.17) is 4.74 Å². The Labute approximate surface area is 128 Å². The normalized spacial score (nSPS) is 12.2. The zero-order valence-electron chi connectivity index (χ0n) is 11.6. The van der Waals surface area contributed by atoms with E-state index in [9.17, 15) is 5.11 Å². The second-order valence-corrected chi connectivity index (χ2v) is 5.55. The molecule has 0 radical (unpaired) electrons. The van der Waals surface area contributed by atoms with E-state index in [-0.39, 0.29) is 0 Å². The minimum atomic E-state index is -0.568. The van der Waals surface area contributed by atoms with Crippen LogP contribution in [-0.2, 0) is 6.42 Å². The molecule has 1 N–H and O–H groups in total. The van der Waals surface area contributed by atoms with Crippen molar-refractivity contribution < 1.29 is 9.84 Å². The minimum absolute atomic E-state index is 0.563. The van der Waals surface area contributed by atoms with Gasteiger partial charge in [0.15, 0.2) is 0 Å². The summed E-state index contributed by atoms with van der Waals surface area (Å²) >= 11 is 3.52. The van der Waals surface area contributed by atoms with Crippen LogP contribution in [-0.4, -0.2) is 11.7 Å². The number of benzene rings is 2. The molecule has 20 heavy (non-hydrogen) atoms. The Bertz CT molecular complexity index is 554. The van der Waals surface area contributed by atoms with Gasteiger partial charge in [-0.25, -0.2) is 0 Å². The van der Waals surface area contributed by atoms with Crippen LogP contribution in [0.5, 0.6) is 5.75 Å². The van der Waals surface area contributed by atoms with Gasteiger partial charge in [-0.2, -0.15) is 0 Å². The van der Waals surface area contributed by atoms with Crippen LogP contribution >= 0.6 is 15.9 Å². The number of rotatable bonds is 6. The Morgan fingerprint density at radius 2 is 1.80 bits per heavy atom. The molecule has 1 atom stereocenters. The van der Waals surface area contributed by atoms with Crippen molar-refractivity contribution in [3.05, 3.63) is 64.1 Å². The second-order valence-electron chi connectivity index (χ2n) is 4.70. The predicted octanol–water partition coefficient (Wildman–Crippen LogP) is 4.51. The van der Waals surface area contributed by atoms with Crippen LogP contribution in [0.3, 0.4) is 0 Å². The highest BCUT2D eigenvalue weighted by Gasteiger charge is 2.14. The zero-order chi connectivity index (χ0) is 14.4. The molecule has 2 nitrogen and oxygen atoms in total. The summed E-state index contributed by atoms with van der Waals surface area (Å²) < 4.78 is 6.72. The molecule has 106 valence electrons. The Morgan fingerprint density at radius 3 is 2.55 bits per heavy atom. The van der Waals surface area contributed by atoms with Gasteiger partial charge in [0, 0.05) is 16.5 Å². The molecule has 0 spiro atoms. The first kappa shape index (κ1) is 15.1. The van der Waals surface area contributed by atoms with E-state index in [0.717, 1.165) is 27.8 Å². The number of aliphatic hydroxyl groups excluding tert-OH is 1. The molecule has 0 aromatic heterocycles. The summed E-state index contributed by atoms with van der Waals surface area (Å²) in [6.07, 6.45) is 0.949. The molecule has 0 aliphatic carbocycles. The Hall–Kier alpha value is -1.32. The van der Waals surface area contributed by atoms with Crippen LogP contribution in [0.25, 0.3) is 0 Å². The van der Waals surface area contributed by atoms with E-state index in [0.29, 0.717) is 13.0 Å². The zero-order valence-corrected chi connectivity index (χ0v) is 13.1. The van der Waals surface area contributed by atoms with Crippen molar-refractivity contribution in [2.75, 3.05) is 6.61 Å². The Kier molecular flexibility index (Phi) is 5.62. The summed E-state index contributed by atoms with van der Waals surface area (Å²) in [7, 11) is 0. The molecule has 3 heteroatoms. The largest absolute Gasteiger partial charge is 0.493 e. The molecule has 0 saturated heterocycles. The highest BCUT2D eigenvalue weighted by atomic mass is 79.9.